The standard InChI is InChI=1S/C18H24N2/c1-2-19-18(12-11-16-8-4-3-5-9-16)14-13-17-10-6-7-15-20-17/h3-10,15,18-19H,2,11-14H2,1H3. The van der Waals surface area contributed by atoms with Crippen LogP contribution in [0.5, 0.6) is 0 Å². The van der Waals surface area contributed by atoms with Crippen LogP contribution in [0.2, 0.25) is 0 Å². The Bertz CT molecular complexity index is 424. The van der Waals surface area contributed by atoms with Gasteiger partial charge in [0.1, 0.15) is 0 Å². The van der Waals surface area contributed by atoms with Gasteiger partial charge in [-0.05, 0) is 49.9 Å². The molecule has 0 amide bonds. The third-order valence-corrected chi connectivity index (χ3v) is 3.59. The summed E-state index contributed by atoms with van der Waals surface area (Å²) < 4.78 is 0. The first-order chi connectivity index (χ1) is 9.88. The predicted molar refractivity (Wildman–Crippen MR) is 84.8 cm³/mol. The van der Waals surface area contributed by atoms with E-state index in [1.807, 2.05) is 12.3 Å². The van der Waals surface area contributed by atoms with Crippen molar-refractivity contribution >= 4 is 0 Å². The van der Waals surface area contributed by atoms with Gasteiger partial charge in [-0.2, -0.15) is 0 Å². The summed E-state index contributed by atoms with van der Waals surface area (Å²) in [4.78, 5) is 4.40. The smallest absolute Gasteiger partial charge is 0.0404 e. The number of hydrogen-bond acceptors (Lipinski definition) is 2. The van der Waals surface area contributed by atoms with Crippen molar-refractivity contribution < 1.29 is 0 Å². The van der Waals surface area contributed by atoms with E-state index in [0.717, 1.165) is 25.8 Å². The molecule has 0 aliphatic heterocycles. The summed E-state index contributed by atoms with van der Waals surface area (Å²) >= 11 is 0. The van der Waals surface area contributed by atoms with Gasteiger partial charge >= 0.3 is 0 Å². The Morgan fingerprint density at radius 2 is 1.70 bits per heavy atom. The maximum atomic E-state index is 4.40. The first kappa shape index (κ1) is 14.7. The van der Waals surface area contributed by atoms with E-state index in [1.54, 1.807) is 0 Å². The monoisotopic (exact) mass is 268 g/mol. The Kier molecular flexibility index (Phi) is 6.25. The number of nitrogens with zero attached hydrogens (tertiary/aromatic N) is 1. The molecule has 1 aromatic carbocycles. The lowest BCUT2D eigenvalue weighted by Crippen LogP contribution is -2.30. The van der Waals surface area contributed by atoms with Crippen LogP contribution in [-0.2, 0) is 12.8 Å². The molecule has 1 unspecified atom stereocenters. The fraction of sp³-hybridized carbons (Fsp3) is 0.389. The Morgan fingerprint density at radius 3 is 2.40 bits per heavy atom. The van der Waals surface area contributed by atoms with Gasteiger partial charge < -0.3 is 5.32 Å². The normalized spacial score (nSPS) is 12.2. The number of nitrogens with one attached hydrogen (secondary N) is 1. The van der Waals surface area contributed by atoms with Gasteiger partial charge in [-0.25, -0.2) is 0 Å². The van der Waals surface area contributed by atoms with E-state index < -0.39 is 0 Å². The van der Waals surface area contributed by atoms with E-state index in [1.165, 1.54) is 17.7 Å². The molecule has 0 aliphatic carbocycles. The van der Waals surface area contributed by atoms with E-state index in [4.69, 9.17) is 0 Å². The lowest BCUT2D eigenvalue weighted by Gasteiger charge is -2.17. The third-order valence-electron chi connectivity index (χ3n) is 3.59. The number of benzene rings is 1. The summed E-state index contributed by atoms with van der Waals surface area (Å²) in [6, 6.07) is 17.4. The highest BCUT2D eigenvalue weighted by atomic mass is 14.9. The summed E-state index contributed by atoms with van der Waals surface area (Å²) in [6.07, 6.45) is 6.40. The van der Waals surface area contributed by atoms with Crippen LogP contribution in [0, 0.1) is 0 Å². The second-order valence-electron chi connectivity index (χ2n) is 5.14. The van der Waals surface area contributed by atoms with Crippen LogP contribution in [0.25, 0.3) is 0 Å². The first-order valence-electron chi connectivity index (χ1n) is 7.55. The maximum absolute atomic E-state index is 4.40. The molecule has 0 aliphatic rings. The summed E-state index contributed by atoms with van der Waals surface area (Å²) in [5.74, 6) is 0. The summed E-state index contributed by atoms with van der Waals surface area (Å²) in [6.45, 7) is 3.21. The van der Waals surface area contributed by atoms with E-state index in [-0.39, 0.29) is 0 Å². The molecule has 106 valence electrons. The molecule has 0 saturated carbocycles. The van der Waals surface area contributed by atoms with Gasteiger partial charge in [-0.15, -0.1) is 0 Å². The van der Waals surface area contributed by atoms with E-state index in [9.17, 15) is 0 Å². The molecule has 2 aromatic rings. The number of aromatic nitrogens is 1. The molecule has 1 N–H and O–H groups in total. The van der Waals surface area contributed by atoms with Crippen LogP contribution in [-0.4, -0.2) is 17.6 Å². The molecule has 0 fully saturated rings. The molecule has 0 saturated heterocycles. The van der Waals surface area contributed by atoms with Gasteiger partial charge in [0.05, 0.1) is 0 Å². The molecule has 20 heavy (non-hydrogen) atoms. The quantitative estimate of drug-likeness (QED) is 0.791. The molecule has 0 spiro atoms. The number of hydrogen-bond donors (Lipinski definition) is 1. The molecule has 0 radical (unpaired) electrons. The van der Waals surface area contributed by atoms with Crippen molar-refractivity contribution in [3.8, 4) is 0 Å². The third kappa shape index (κ3) is 5.14. The van der Waals surface area contributed by atoms with Gasteiger partial charge in [0, 0.05) is 17.9 Å². The molecule has 2 heteroatoms. The van der Waals surface area contributed by atoms with Crippen LogP contribution in [0.1, 0.15) is 31.0 Å². The van der Waals surface area contributed by atoms with Crippen LogP contribution in [0.3, 0.4) is 0 Å². The molecular formula is C18H24N2. The van der Waals surface area contributed by atoms with Gasteiger partial charge in [0.2, 0.25) is 0 Å². The molecule has 1 aromatic heterocycles. The highest BCUT2D eigenvalue weighted by Crippen LogP contribution is 2.10. The Hall–Kier alpha value is -1.67. The Labute approximate surface area is 122 Å². The topological polar surface area (TPSA) is 24.9 Å². The second-order valence-corrected chi connectivity index (χ2v) is 5.14. The molecule has 1 heterocycles. The number of pyridine rings is 1. The van der Waals surface area contributed by atoms with E-state index in [2.05, 4.69) is 59.7 Å². The number of aryl methyl sites for hydroxylation is 2. The second kappa shape index (κ2) is 8.49. The average molecular weight is 268 g/mol. The molecule has 0 bridgehead atoms. The summed E-state index contributed by atoms with van der Waals surface area (Å²) in [5, 5.41) is 3.60. The molecule has 1 atom stereocenters. The zero-order chi connectivity index (χ0) is 14.0. The predicted octanol–water partition coefficient (Wildman–Crippen LogP) is 3.63. The fourth-order valence-electron chi connectivity index (χ4n) is 2.49. The molecule has 2 nitrogen and oxygen atoms in total. The van der Waals surface area contributed by atoms with Crippen molar-refractivity contribution in [1.29, 1.82) is 0 Å². The van der Waals surface area contributed by atoms with E-state index >= 15 is 0 Å². The fourth-order valence-corrected chi connectivity index (χ4v) is 2.49. The Morgan fingerprint density at radius 1 is 0.950 bits per heavy atom. The SMILES string of the molecule is CCNC(CCc1ccccc1)CCc1ccccn1. The first-order valence-corrected chi connectivity index (χ1v) is 7.55. The van der Waals surface area contributed by atoms with Crippen molar-refractivity contribution in [2.75, 3.05) is 6.54 Å². The van der Waals surface area contributed by atoms with Gasteiger partial charge in [-0.1, -0.05) is 43.3 Å². The molecule has 2 rings (SSSR count). The van der Waals surface area contributed by atoms with Crippen LogP contribution < -0.4 is 5.32 Å². The lowest BCUT2D eigenvalue weighted by atomic mass is 10.0. The highest BCUT2D eigenvalue weighted by molar-refractivity contribution is 5.14. The zero-order valence-electron chi connectivity index (χ0n) is 12.3. The minimum Gasteiger partial charge on any atom is -0.314 e. The van der Waals surface area contributed by atoms with Gasteiger partial charge in [0.25, 0.3) is 0 Å². The Balaban J connectivity index is 1.81. The zero-order valence-corrected chi connectivity index (χ0v) is 12.3. The summed E-state index contributed by atoms with van der Waals surface area (Å²) in [5.41, 5.74) is 2.61. The number of rotatable bonds is 8. The van der Waals surface area contributed by atoms with Crippen molar-refractivity contribution in [3.63, 3.8) is 0 Å². The summed E-state index contributed by atoms with van der Waals surface area (Å²) in [7, 11) is 0. The largest absolute Gasteiger partial charge is 0.314 e. The highest BCUT2D eigenvalue weighted by Gasteiger charge is 2.08. The van der Waals surface area contributed by atoms with Crippen molar-refractivity contribution in [2.45, 2.75) is 38.6 Å². The van der Waals surface area contributed by atoms with Crippen LogP contribution in [0.4, 0.5) is 0 Å². The lowest BCUT2D eigenvalue weighted by molar-refractivity contribution is 0.462. The minimum atomic E-state index is 0.571. The van der Waals surface area contributed by atoms with E-state index in [0.29, 0.717) is 6.04 Å². The van der Waals surface area contributed by atoms with Crippen molar-refractivity contribution in [1.82, 2.24) is 10.3 Å². The maximum Gasteiger partial charge on any atom is 0.0404 e. The van der Waals surface area contributed by atoms with Crippen LogP contribution >= 0.6 is 0 Å². The van der Waals surface area contributed by atoms with Gasteiger partial charge in [-0.3, -0.25) is 4.98 Å². The average Bonchev–Trinajstić information content (AvgIpc) is 2.52. The van der Waals surface area contributed by atoms with Crippen molar-refractivity contribution in [3.05, 3.63) is 66.0 Å². The van der Waals surface area contributed by atoms with Crippen molar-refractivity contribution in [2.24, 2.45) is 0 Å². The van der Waals surface area contributed by atoms with Gasteiger partial charge in [0.15, 0.2) is 0 Å². The molecular weight excluding hydrogens is 244 g/mol. The van der Waals surface area contributed by atoms with Crippen LogP contribution in [0.15, 0.2) is 54.7 Å². The minimum absolute atomic E-state index is 0.571.